The zero-order valence-electron chi connectivity index (χ0n) is 15.7. The zero-order chi connectivity index (χ0) is 18.5. The van der Waals surface area contributed by atoms with E-state index in [1.165, 1.54) is 5.56 Å². The average Bonchev–Trinajstić information content (AvgIpc) is 2.68. The minimum Gasteiger partial charge on any atom is -0.497 e. The third-order valence-corrected chi connectivity index (χ3v) is 4.84. The summed E-state index contributed by atoms with van der Waals surface area (Å²) in [7, 11) is 3.31. The average molecular weight is 354 g/mol. The van der Waals surface area contributed by atoms with Crippen LogP contribution in [0, 0.1) is 6.92 Å². The smallest absolute Gasteiger partial charge is 0.254 e. The Morgan fingerprint density at radius 2 is 1.77 bits per heavy atom. The van der Waals surface area contributed by atoms with Crippen LogP contribution in [0.15, 0.2) is 42.5 Å². The second-order valence-electron chi connectivity index (χ2n) is 6.60. The highest BCUT2D eigenvalue weighted by atomic mass is 16.5. The molecule has 0 aliphatic carbocycles. The molecule has 0 aromatic heterocycles. The van der Waals surface area contributed by atoms with E-state index >= 15 is 0 Å². The fourth-order valence-electron chi connectivity index (χ4n) is 3.34. The molecule has 1 saturated heterocycles. The molecular formula is C21H26N2O3. The molecule has 5 heteroatoms. The molecule has 0 bridgehead atoms. The highest BCUT2D eigenvalue weighted by molar-refractivity contribution is 5.94. The summed E-state index contributed by atoms with van der Waals surface area (Å²) < 4.78 is 10.5. The molecule has 1 fully saturated rings. The van der Waals surface area contributed by atoms with Crippen molar-refractivity contribution in [3.8, 4) is 11.5 Å². The van der Waals surface area contributed by atoms with Crippen molar-refractivity contribution in [2.45, 2.75) is 13.5 Å². The van der Waals surface area contributed by atoms with Gasteiger partial charge in [0.25, 0.3) is 5.91 Å². The summed E-state index contributed by atoms with van der Waals surface area (Å²) in [4.78, 5) is 17.0. The number of hydrogen-bond donors (Lipinski definition) is 0. The van der Waals surface area contributed by atoms with Gasteiger partial charge >= 0.3 is 0 Å². The van der Waals surface area contributed by atoms with Crippen LogP contribution in [0.3, 0.4) is 0 Å². The van der Waals surface area contributed by atoms with Gasteiger partial charge in [0.2, 0.25) is 0 Å². The number of hydrogen-bond acceptors (Lipinski definition) is 4. The van der Waals surface area contributed by atoms with Crippen LogP contribution >= 0.6 is 0 Å². The SMILES string of the molecule is COc1cccc(C(=O)N2CCN(Cc3ccc(OC)c(C)c3)CC2)c1. The van der Waals surface area contributed by atoms with E-state index in [0.717, 1.165) is 44.0 Å². The highest BCUT2D eigenvalue weighted by Crippen LogP contribution is 2.20. The Hall–Kier alpha value is -2.53. The van der Waals surface area contributed by atoms with E-state index in [4.69, 9.17) is 9.47 Å². The van der Waals surface area contributed by atoms with Crippen molar-refractivity contribution in [1.29, 1.82) is 0 Å². The van der Waals surface area contributed by atoms with Crippen LogP contribution in [-0.4, -0.2) is 56.1 Å². The Morgan fingerprint density at radius 3 is 2.42 bits per heavy atom. The summed E-state index contributed by atoms with van der Waals surface area (Å²) in [6.07, 6.45) is 0. The topological polar surface area (TPSA) is 42.0 Å². The summed E-state index contributed by atoms with van der Waals surface area (Å²) in [5.74, 6) is 1.70. The third-order valence-electron chi connectivity index (χ3n) is 4.84. The summed E-state index contributed by atoms with van der Waals surface area (Å²) in [5, 5.41) is 0. The Kier molecular flexibility index (Phi) is 5.78. The molecule has 1 amide bonds. The molecule has 138 valence electrons. The Morgan fingerprint density at radius 1 is 1.00 bits per heavy atom. The van der Waals surface area contributed by atoms with E-state index in [2.05, 4.69) is 24.0 Å². The van der Waals surface area contributed by atoms with Crippen LogP contribution in [-0.2, 0) is 6.54 Å². The molecule has 0 saturated carbocycles. The van der Waals surface area contributed by atoms with Crippen molar-refractivity contribution in [2.24, 2.45) is 0 Å². The number of carbonyl (C=O) groups is 1. The summed E-state index contributed by atoms with van der Waals surface area (Å²) >= 11 is 0. The number of rotatable bonds is 5. The number of aryl methyl sites for hydroxylation is 1. The van der Waals surface area contributed by atoms with Crippen LogP contribution in [0.25, 0.3) is 0 Å². The molecule has 1 aliphatic heterocycles. The van der Waals surface area contributed by atoms with E-state index in [0.29, 0.717) is 11.3 Å². The van der Waals surface area contributed by atoms with Gasteiger partial charge in [0.05, 0.1) is 14.2 Å². The minimum atomic E-state index is 0.0730. The number of piperazine rings is 1. The number of methoxy groups -OCH3 is 2. The fraction of sp³-hybridized carbons (Fsp3) is 0.381. The van der Waals surface area contributed by atoms with E-state index < -0.39 is 0 Å². The molecule has 26 heavy (non-hydrogen) atoms. The lowest BCUT2D eigenvalue weighted by Crippen LogP contribution is -2.48. The maximum Gasteiger partial charge on any atom is 0.254 e. The molecule has 1 aliphatic rings. The lowest BCUT2D eigenvalue weighted by Gasteiger charge is -2.35. The molecule has 2 aromatic carbocycles. The number of benzene rings is 2. The van der Waals surface area contributed by atoms with Gasteiger partial charge in [-0.2, -0.15) is 0 Å². The van der Waals surface area contributed by atoms with Gasteiger partial charge in [0, 0.05) is 38.3 Å². The maximum absolute atomic E-state index is 12.7. The first-order chi connectivity index (χ1) is 12.6. The molecular weight excluding hydrogens is 328 g/mol. The second-order valence-corrected chi connectivity index (χ2v) is 6.60. The van der Waals surface area contributed by atoms with Crippen LogP contribution in [0.2, 0.25) is 0 Å². The molecule has 0 unspecified atom stereocenters. The van der Waals surface area contributed by atoms with Crippen molar-refractivity contribution in [1.82, 2.24) is 9.80 Å². The van der Waals surface area contributed by atoms with Crippen molar-refractivity contribution in [3.05, 3.63) is 59.2 Å². The highest BCUT2D eigenvalue weighted by Gasteiger charge is 2.22. The second kappa shape index (κ2) is 8.23. The Bertz CT molecular complexity index is 768. The largest absolute Gasteiger partial charge is 0.497 e. The van der Waals surface area contributed by atoms with E-state index in [1.54, 1.807) is 20.3 Å². The predicted octanol–water partition coefficient (Wildman–Crippen LogP) is 2.97. The Labute approximate surface area is 155 Å². The minimum absolute atomic E-state index is 0.0730. The quantitative estimate of drug-likeness (QED) is 0.828. The zero-order valence-corrected chi connectivity index (χ0v) is 15.7. The van der Waals surface area contributed by atoms with Crippen LogP contribution in [0.5, 0.6) is 11.5 Å². The van der Waals surface area contributed by atoms with Crippen LogP contribution < -0.4 is 9.47 Å². The first-order valence-electron chi connectivity index (χ1n) is 8.90. The summed E-state index contributed by atoms with van der Waals surface area (Å²) in [6, 6.07) is 13.7. The molecule has 0 N–H and O–H groups in total. The van der Waals surface area contributed by atoms with E-state index in [-0.39, 0.29) is 5.91 Å². The number of ether oxygens (including phenoxy) is 2. The fourth-order valence-corrected chi connectivity index (χ4v) is 3.34. The molecule has 0 radical (unpaired) electrons. The standard InChI is InChI=1S/C21H26N2O3/c1-16-13-17(7-8-20(16)26-3)15-22-9-11-23(12-10-22)21(24)18-5-4-6-19(14-18)25-2/h4-8,13-14H,9-12,15H2,1-3H3. The van der Waals surface area contributed by atoms with E-state index in [9.17, 15) is 4.79 Å². The van der Waals surface area contributed by atoms with Crippen molar-refractivity contribution in [2.75, 3.05) is 40.4 Å². The number of nitrogens with zero attached hydrogens (tertiary/aromatic N) is 2. The van der Waals surface area contributed by atoms with Gasteiger partial charge in [-0.25, -0.2) is 0 Å². The summed E-state index contributed by atoms with van der Waals surface area (Å²) in [5.41, 5.74) is 3.11. The molecule has 0 atom stereocenters. The lowest BCUT2D eigenvalue weighted by molar-refractivity contribution is 0.0628. The molecule has 0 spiro atoms. The molecule has 2 aromatic rings. The van der Waals surface area contributed by atoms with Gasteiger partial charge in [-0.1, -0.05) is 18.2 Å². The number of amides is 1. The maximum atomic E-state index is 12.7. The van der Waals surface area contributed by atoms with Crippen molar-refractivity contribution >= 4 is 5.91 Å². The number of carbonyl (C=O) groups excluding carboxylic acids is 1. The van der Waals surface area contributed by atoms with Crippen molar-refractivity contribution < 1.29 is 14.3 Å². The van der Waals surface area contributed by atoms with Gasteiger partial charge in [0.1, 0.15) is 11.5 Å². The Balaban J connectivity index is 1.57. The first kappa shape index (κ1) is 18.3. The molecule has 3 rings (SSSR count). The lowest BCUT2D eigenvalue weighted by atomic mass is 10.1. The van der Waals surface area contributed by atoms with Gasteiger partial charge < -0.3 is 14.4 Å². The van der Waals surface area contributed by atoms with Crippen LogP contribution in [0.1, 0.15) is 21.5 Å². The molecule has 5 nitrogen and oxygen atoms in total. The normalized spacial score (nSPS) is 15.0. The predicted molar refractivity (Wildman–Crippen MR) is 102 cm³/mol. The monoisotopic (exact) mass is 354 g/mol. The van der Waals surface area contributed by atoms with Gasteiger partial charge in [-0.05, 0) is 42.3 Å². The summed E-state index contributed by atoms with van der Waals surface area (Å²) in [6.45, 7) is 6.19. The van der Waals surface area contributed by atoms with Crippen molar-refractivity contribution in [3.63, 3.8) is 0 Å². The molecule has 1 heterocycles. The third kappa shape index (κ3) is 4.17. The van der Waals surface area contributed by atoms with E-state index in [1.807, 2.05) is 29.2 Å². The van der Waals surface area contributed by atoms with Gasteiger partial charge in [0.15, 0.2) is 0 Å². The van der Waals surface area contributed by atoms with Gasteiger partial charge in [-0.3, -0.25) is 9.69 Å². The van der Waals surface area contributed by atoms with Crippen LogP contribution in [0.4, 0.5) is 0 Å². The van der Waals surface area contributed by atoms with Gasteiger partial charge in [-0.15, -0.1) is 0 Å². The first-order valence-corrected chi connectivity index (χ1v) is 8.90.